The van der Waals surface area contributed by atoms with E-state index in [1.165, 1.54) is 0 Å². The zero-order valence-corrected chi connectivity index (χ0v) is 10.2. The number of ether oxygens (including phenoxy) is 1. The zero-order valence-electron chi connectivity index (χ0n) is 10.2. The Hall–Kier alpha value is -1.06. The number of aliphatic hydroxyl groups excluding tert-OH is 1. The summed E-state index contributed by atoms with van der Waals surface area (Å²) in [5, 5.41) is 13.2. The highest BCUT2D eigenvalue weighted by Crippen LogP contribution is 2.18. The Labute approximate surface area is 97.4 Å². The molecular formula is C13H21NO2. The standard InChI is InChI=1S/C13H21NO2/c1-10(2)8-14-9-13(15)11-5-4-6-12(7-11)16-3/h4-7,10,13-15H,8-9H2,1-3H3. The first-order valence-corrected chi connectivity index (χ1v) is 5.66. The molecule has 90 valence electrons. The quantitative estimate of drug-likeness (QED) is 0.774. The molecule has 1 aromatic rings. The lowest BCUT2D eigenvalue weighted by molar-refractivity contribution is 0.173. The van der Waals surface area contributed by atoms with Crippen molar-refractivity contribution in [1.29, 1.82) is 0 Å². The van der Waals surface area contributed by atoms with Crippen LogP contribution in [0.5, 0.6) is 5.75 Å². The van der Waals surface area contributed by atoms with Gasteiger partial charge in [0, 0.05) is 6.54 Å². The molecule has 0 heterocycles. The fourth-order valence-electron chi connectivity index (χ4n) is 1.48. The van der Waals surface area contributed by atoms with E-state index in [0.717, 1.165) is 17.9 Å². The smallest absolute Gasteiger partial charge is 0.119 e. The Morgan fingerprint density at radius 3 is 2.69 bits per heavy atom. The maximum Gasteiger partial charge on any atom is 0.119 e. The molecule has 0 radical (unpaired) electrons. The van der Waals surface area contributed by atoms with Crippen molar-refractivity contribution in [3.8, 4) is 5.75 Å². The number of hydrogen-bond donors (Lipinski definition) is 2. The lowest BCUT2D eigenvalue weighted by atomic mass is 10.1. The van der Waals surface area contributed by atoms with Crippen LogP contribution >= 0.6 is 0 Å². The average molecular weight is 223 g/mol. The molecule has 0 spiro atoms. The molecule has 1 atom stereocenters. The summed E-state index contributed by atoms with van der Waals surface area (Å²) in [5.74, 6) is 1.37. The van der Waals surface area contributed by atoms with Crippen molar-refractivity contribution < 1.29 is 9.84 Å². The first kappa shape index (κ1) is 13.0. The summed E-state index contributed by atoms with van der Waals surface area (Å²) in [6, 6.07) is 7.53. The summed E-state index contributed by atoms with van der Waals surface area (Å²) < 4.78 is 5.12. The first-order valence-electron chi connectivity index (χ1n) is 5.66. The lowest BCUT2D eigenvalue weighted by Gasteiger charge is -2.14. The number of rotatable bonds is 6. The van der Waals surface area contributed by atoms with Crippen molar-refractivity contribution in [3.63, 3.8) is 0 Å². The molecule has 1 aromatic carbocycles. The van der Waals surface area contributed by atoms with E-state index in [1.807, 2.05) is 24.3 Å². The van der Waals surface area contributed by atoms with Gasteiger partial charge in [0.2, 0.25) is 0 Å². The molecular weight excluding hydrogens is 202 g/mol. The second-order valence-corrected chi connectivity index (χ2v) is 4.34. The van der Waals surface area contributed by atoms with E-state index in [9.17, 15) is 5.11 Å². The number of nitrogens with one attached hydrogen (secondary N) is 1. The molecule has 0 amide bonds. The third-order valence-corrected chi connectivity index (χ3v) is 2.37. The molecule has 3 heteroatoms. The predicted octanol–water partition coefficient (Wildman–Crippen LogP) is 1.97. The van der Waals surface area contributed by atoms with Gasteiger partial charge in [-0.2, -0.15) is 0 Å². The van der Waals surface area contributed by atoms with E-state index in [2.05, 4.69) is 19.2 Å². The lowest BCUT2D eigenvalue weighted by Crippen LogP contribution is -2.25. The Kier molecular flexibility index (Phi) is 5.29. The summed E-state index contributed by atoms with van der Waals surface area (Å²) in [5.41, 5.74) is 0.885. The molecule has 1 unspecified atom stereocenters. The molecule has 0 aliphatic carbocycles. The van der Waals surface area contributed by atoms with Gasteiger partial charge in [0.05, 0.1) is 13.2 Å². The van der Waals surface area contributed by atoms with Crippen molar-refractivity contribution in [2.45, 2.75) is 20.0 Å². The third-order valence-electron chi connectivity index (χ3n) is 2.37. The molecule has 0 saturated carbocycles. The van der Waals surface area contributed by atoms with Crippen molar-refractivity contribution >= 4 is 0 Å². The molecule has 0 aliphatic heterocycles. The summed E-state index contributed by atoms with van der Waals surface area (Å²) in [4.78, 5) is 0. The van der Waals surface area contributed by atoms with Gasteiger partial charge >= 0.3 is 0 Å². The Morgan fingerprint density at radius 1 is 1.31 bits per heavy atom. The van der Waals surface area contributed by atoms with Crippen LogP contribution in [0, 0.1) is 5.92 Å². The van der Waals surface area contributed by atoms with E-state index < -0.39 is 6.10 Å². The van der Waals surface area contributed by atoms with Crippen molar-refractivity contribution in [1.82, 2.24) is 5.32 Å². The molecule has 0 aliphatic rings. The highest BCUT2D eigenvalue weighted by molar-refractivity contribution is 5.29. The van der Waals surface area contributed by atoms with Crippen molar-refractivity contribution in [2.24, 2.45) is 5.92 Å². The fourth-order valence-corrected chi connectivity index (χ4v) is 1.48. The van der Waals surface area contributed by atoms with E-state index in [0.29, 0.717) is 12.5 Å². The van der Waals surface area contributed by atoms with Gasteiger partial charge in [0.25, 0.3) is 0 Å². The van der Waals surface area contributed by atoms with Crippen LogP contribution in [0.25, 0.3) is 0 Å². The van der Waals surface area contributed by atoms with E-state index >= 15 is 0 Å². The Balaban J connectivity index is 2.48. The van der Waals surface area contributed by atoms with Gasteiger partial charge in [0.1, 0.15) is 5.75 Å². The van der Waals surface area contributed by atoms with Gasteiger partial charge in [-0.3, -0.25) is 0 Å². The minimum atomic E-state index is -0.478. The fraction of sp³-hybridized carbons (Fsp3) is 0.538. The van der Waals surface area contributed by atoms with Crippen LogP contribution < -0.4 is 10.1 Å². The molecule has 16 heavy (non-hydrogen) atoms. The second kappa shape index (κ2) is 6.51. The minimum Gasteiger partial charge on any atom is -0.497 e. The van der Waals surface area contributed by atoms with Gasteiger partial charge in [-0.05, 0) is 30.2 Å². The molecule has 0 bridgehead atoms. The van der Waals surface area contributed by atoms with Gasteiger partial charge in [0.15, 0.2) is 0 Å². The van der Waals surface area contributed by atoms with Crippen molar-refractivity contribution in [2.75, 3.05) is 20.2 Å². The Morgan fingerprint density at radius 2 is 2.06 bits per heavy atom. The molecule has 3 nitrogen and oxygen atoms in total. The van der Waals surface area contributed by atoms with Crippen LogP contribution in [0.1, 0.15) is 25.5 Å². The summed E-state index contributed by atoms with van der Waals surface area (Å²) in [7, 11) is 1.63. The molecule has 0 fully saturated rings. The Bertz CT molecular complexity index is 313. The van der Waals surface area contributed by atoms with Crippen LogP contribution in [-0.4, -0.2) is 25.3 Å². The maximum absolute atomic E-state index is 9.94. The largest absolute Gasteiger partial charge is 0.497 e. The number of aliphatic hydroxyl groups is 1. The van der Waals surface area contributed by atoms with E-state index in [4.69, 9.17) is 4.74 Å². The third kappa shape index (κ3) is 4.21. The monoisotopic (exact) mass is 223 g/mol. The summed E-state index contributed by atoms with van der Waals surface area (Å²) >= 11 is 0. The van der Waals surface area contributed by atoms with Crippen LogP contribution in [0.2, 0.25) is 0 Å². The van der Waals surface area contributed by atoms with Crippen LogP contribution in [0.4, 0.5) is 0 Å². The van der Waals surface area contributed by atoms with Gasteiger partial charge < -0.3 is 15.2 Å². The highest BCUT2D eigenvalue weighted by atomic mass is 16.5. The van der Waals surface area contributed by atoms with Crippen LogP contribution in [0.15, 0.2) is 24.3 Å². The number of methoxy groups -OCH3 is 1. The zero-order chi connectivity index (χ0) is 12.0. The predicted molar refractivity (Wildman–Crippen MR) is 65.7 cm³/mol. The minimum absolute atomic E-state index is 0.478. The summed E-state index contributed by atoms with van der Waals surface area (Å²) in [6.45, 7) is 5.78. The van der Waals surface area contributed by atoms with Gasteiger partial charge in [-0.1, -0.05) is 26.0 Å². The van der Waals surface area contributed by atoms with Gasteiger partial charge in [-0.15, -0.1) is 0 Å². The van der Waals surface area contributed by atoms with E-state index in [-0.39, 0.29) is 0 Å². The van der Waals surface area contributed by atoms with Crippen molar-refractivity contribution in [3.05, 3.63) is 29.8 Å². The SMILES string of the molecule is COc1cccc(C(O)CNCC(C)C)c1. The molecule has 0 aromatic heterocycles. The average Bonchev–Trinajstić information content (AvgIpc) is 2.28. The molecule has 0 saturated heterocycles. The van der Waals surface area contributed by atoms with Crippen LogP contribution in [-0.2, 0) is 0 Å². The number of benzene rings is 1. The first-order chi connectivity index (χ1) is 7.63. The van der Waals surface area contributed by atoms with E-state index in [1.54, 1.807) is 7.11 Å². The number of hydrogen-bond acceptors (Lipinski definition) is 3. The topological polar surface area (TPSA) is 41.5 Å². The molecule has 1 rings (SSSR count). The molecule has 2 N–H and O–H groups in total. The van der Waals surface area contributed by atoms with Gasteiger partial charge in [-0.25, -0.2) is 0 Å². The normalized spacial score (nSPS) is 12.8. The maximum atomic E-state index is 9.94. The van der Waals surface area contributed by atoms with Crippen LogP contribution in [0.3, 0.4) is 0 Å². The second-order valence-electron chi connectivity index (χ2n) is 4.34. The highest BCUT2D eigenvalue weighted by Gasteiger charge is 2.07. The summed E-state index contributed by atoms with van der Waals surface area (Å²) in [6.07, 6.45) is -0.478.